The molecule has 0 spiro atoms. The number of alkyl halides is 3. The van der Waals surface area contributed by atoms with E-state index in [1.807, 2.05) is 30.3 Å². The number of hydrazone groups is 1. The highest BCUT2D eigenvalue weighted by Crippen LogP contribution is 2.31. The number of hydrogen-bond acceptors (Lipinski definition) is 7. The van der Waals surface area contributed by atoms with Gasteiger partial charge in [0.05, 0.1) is 17.5 Å². The van der Waals surface area contributed by atoms with E-state index in [1.54, 1.807) is 11.8 Å². The van der Waals surface area contributed by atoms with E-state index < -0.39 is 17.6 Å². The Morgan fingerprint density at radius 2 is 1.70 bits per heavy atom. The Morgan fingerprint density at radius 1 is 1.03 bits per heavy atom. The molecule has 5 nitrogen and oxygen atoms in total. The van der Waals surface area contributed by atoms with Gasteiger partial charge in [-0.2, -0.15) is 18.3 Å². The molecule has 156 valence electrons. The van der Waals surface area contributed by atoms with Crippen molar-refractivity contribution in [2.75, 3.05) is 5.75 Å². The number of amides is 1. The van der Waals surface area contributed by atoms with Crippen molar-refractivity contribution in [3.63, 3.8) is 0 Å². The van der Waals surface area contributed by atoms with E-state index in [-0.39, 0.29) is 11.3 Å². The topological polar surface area (TPSA) is 67.2 Å². The van der Waals surface area contributed by atoms with E-state index >= 15 is 0 Å². The predicted octanol–water partition coefficient (Wildman–Crippen LogP) is 5.09. The van der Waals surface area contributed by atoms with Gasteiger partial charge in [0.2, 0.25) is 0 Å². The third-order valence-corrected chi connectivity index (χ3v) is 6.84. The summed E-state index contributed by atoms with van der Waals surface area (Å²) >= 11 is 4.13. The monoisotopic (exact) mass is 468 g/mol. The molecular weight excluding hydrogens is 453 g/mol. The van der Waals surface area contributed by atoms with Gasteiger partial charge in [0.1, 0.15) is 0 Å². The number of nitrogens with zero attached hydrogens (tertiary/aromatic N) is 3. The molecule has 1 N–H and O–H groups in total. The molecule has 0 fully saturated rings. The molecule has 0 aliphatic rings. The van der Waals surface area contributed by atoms with Crippen molar-refractivity contribution in [3.8, 4) is 0 Å². The summed E-state index contributed by atoms with van der Waals surface area (Å²) in [4.78, 5) is 11.9. The second kappa shape index (κ2) is 10.6. The molecule has 0 bridgehead atoms. The number of benzene rings is 2. The maximum absolute atomic E-state index is 12.9. The maximum Gasteiger partial charge on any atom is 0.417 e. The van der Waals surface area contributed by atoms with Crippen LogP contribution in [0.15, 0.2) is 68.4 Å². The first-order valence-electron chi connectivity index (χ1n) is 8.53. The summed E-state index contributed by atoms with van der Waals surface area (Å²) < 4.78 is 40.2. The van der Waals surface area contributed by atoms with Crippen molar-refractivity contribution >= 4 is 47.0 Å². The molecule has 0 unspecified atom stereocenters. The minimum absolute atomic E-state index is 0.0241. The zero-order valence-electron chi connectivity index (χ0n) is 15.3. The minimum Gasteiger partial charge on any atom is -0.272 e. The molecule has 1 heterocycles. The van der Waals surface area contributed by atoms with Crippen LogP contribution < -0.4 is 5.43 Å². The van der Waals surface area contributed by atoms with Crippen LogP contribution >= 0.6 is 34.9 Å². The third-order valence-electron chi connectivity index (χ3n) is 3.58. The molecule has 0 radical (unpaired) electrons. The molecule has 11 heteroatoms. The predicted molar refractivity (Wildman–Crippen MR) is 114 cm³/mol. The molecule has 3 aromatic rings. The molecule has 0 saturated carbocycles. The lowest BCUT2D eigenvalue weighted by Gasteiger charge is -2.09. The lowest BCUT2D eigenvalue weighted by molar-refractivity contribution is -0.137. The molecule has 3 rings (SSSR count). The van der Waals surface area contributed by atoms with Gasteiger partial charge in [-0.15, -0.1) is 10.2 Å². The summed E-state index contributed by atoms with van der Waals surface area (Å²) in [5.74, 6) is 0.347. The Labute approximate surface area is 183 Å². The molecule has 0 saturated heterocycles. The van der Waals surface area contributed by atoms with Crippen LogP contribution in [0.2, 0.25) is 0 Å². The molecule has 0 atom stereocenters. The van der Waals surface area contributed by atoms with Crippen LogP contribution in [-0.2, 0) is 16.7 Å². The standard InChI is InChI=1S/C19H15F3N4OS3/c20-19(21,22)15-9-5-4-8-14(15)10-23-24-16(27)12-29-18-26-25-17(30-18)28-11-13-6-2-1-3-7-13/h1-10H,11-12H2,(H,24,27). The third kappa shape index (κ3) is 6.85. The van der Waals surface area contributed by atoms with Gasteiger partial charge in [-0.05, 0) is 11.6 Å². The molecule has 2 aromatic carbocycles. The molecule has 1 aromatic heterocycles. The van der Waals surface area contributed by atoms with Crippen LogP contribution in [0.1, 0.15) is 16.7 Å². The summed E-state index contributed by atoms with van der Waals surface area (Å²) in [5.41, 5.74) is 2.47. The van der Waals surface area contributed by atoms with E-state index in [2.05, 4.69) is 20.7 Å². The van der Waals surface area contributed by atoms with Crippen molar-refractivity contribution in [2.24, 2.45) is 5.10 Å². The van der Waals surface area contributed by atoms with Crippen molar-refractivity contribution in [2.45, 2.75) is 20.6 Å². The van der Waals surface area contributed by atoms with Crippen LogP contribution in [0.3, 0.4) is 0 Å². The van der Waals surface area contributed by atoms with E-state index in [4.69, 9.17) is 0 Å². The number of rotatable bonds is 8. The average molecular weight is 469 g/mol. The highest BCUT2D eigenvalue weighted by molar-refractivity contribution is 8.03. The fourth-order valence-corrected chi connectivity index (χ4v) is 5.00. The highest BCUT2D eigenvalue weighted by atomic mass is 32.2. The van der Waals surface area contributed by atoms with Crippen LogP contribution in [0.5, 0.6) is 0 Å². The highest BCUT2D eigenvalue weighted by Gasteiger charge is 2.32. The van der Waals surface area contributed by atoms with Gasteiger partial charge in [-0.1, -0.05) is 83.4 Å². The van der Waals surface area contributed by atoms with Crippen LogP contribution in [0.25, 0.3) is 0 Å². The van der Waals surface area contributed by atoms with Crippen molar-refractivity contribution in [1.29, 1.82) is 0 Å². The van der Waals surface area contributed by atoms with Gasteiger partial charge in [0.25, 0.3) is 5.91 Å². The van der Waals surface area contributed by atoms with E-state index in [9.17, 15) is 18.0 Å². The van der Waals surface area contributed by atoms with Crippen molar-refractivity contribution < 1.29 is 18.0 Å². The Kier molecular flexibility index (Phi) is 7.88. The van der Waals surface area contributed by atoms with Gasteiger partial charge in [-0.3, -0.25) is 4.79 Å². The van der Waals surface area contributed by atoms with Crippen molar-refractivity contribution in [3.05, 3.63) is 71.3 Å². The van der Waals surface area contributed by atoms with Gasteiger partial charge in [-0.25, -0.2) is 5.43 Å². The number of thioether (sulfide) groups is 2. The summed E-state index contributed by atoms with van der Waals surface area (Å²) in [6.45, 7) is 0. The Bertz CT molecular complexity index is 1010. The zero-order valence-corrected chi connectivity index (χ0v) is 17.7. The summed E-state index contributed by atoms with van der Waals surface area (Å²) in [7, 11) is 0. The largest absolute Gasteiger partial charge is 0.417 e. The first-order chi connectivity index (χ1) is 14.4. The number of aromatic nitrogens is 2. The maximum atomic E-state index is 12.9. The molecular formula is C19H15F3N4OS3. The van der Waals surface area contributed by atoms with Crippen LogP contribution in [0, 0.1) is 0 Å². The first kappa shape index (κ1) is 22.3. The van der Waals surface area contributed by atoms with E-state index in [1.165, 1.54) is 46.9 Å². The summed E-state index contributed by atoms with van der Waals surface area (Å²) in [6.07, 6.45) is -3.51. The summed E-state index contributed by atoms with van der Waals surface area (Å²) in [5, 5.41) is 11.7. The second-order valence-electron chi connectivity index (χ2n) is 5.78. The first-order valence-corrected chi connectivity index (χ1v) is 11.3. The Balaban J connectivity index is 1.45. The minimum atomic E-state index is -4.49. The zero-order chi connectivity index (χ0) is 21.4. The number of nitrogens with one attached hydrogen (secondary N) is 1. The van der Waals surface area contributed by atoms with E-state index in [0.29, 0.717) is 4.34 Å². The molecule has 30 heavy (non-hydrogen) atoms. The normalized spacial score (nSPS) is 11.7. The molecule has 0 aliphatic heterocycles. The van der Waals surface area contributed by atoms with Gasteiger partial charge < -0.3 is 0 Å². The Morgan fingerprint density at radius 3 is 2.43 bits per heavy atom. The van der Waals surface area contributed by atoms with Crippen LogP contribution in [0.4, 0.5) is 13.2 Å². The number of halogens is 3. The SMILES string of the molecule is O=C(CSc1nnc(SCc2ccccc2)s1)NN=Cc1ccccc1C(F)(F)F. The van der Waals surface area contributed by atoms with Gasteiger partial charge in [0.15, 0.2) is 8.68 Å². The number of carbonyl (C=O) groups is 1. The lowest BCUT2D eigenvalue weighted by atomic mass is 10.1. The molecule has 1 amide bonds. The van der Waals surface area contributed by atoms with Gasteiger partial charge in [0, 0.05) is 11.3 Å². The average Bonchev–Trinajstić information content (AvgIpc) is 3.19. The number of hydrogen-bond donors (Lipinski definition) is 1. The number of carbonyl (C=O) groups excluding carboxylic acids is 1. The fraction of sp³-hybridized carbons (Fsp3) is 0.158. The second-order valence-corrected chi connectivity index (χ2v) is 9.20. The van der Waals surface area contributed by atoms with Crippen LogP contribution in [-0.4, -0.2) is 28.1 Å². The smallest absolute Gasteiger partial charge is 0.272 e. The lowest BCUT2D eigenvalue weighted by Crippen LogP contribution is -2.20. The quantitative estimate of drug-likeness (QED) is 0.283. The molecule has 0 aliphatic carbocycles. The van der Waals surface area contributed by atoms with E-state index in [0.717, 1.165) is 22.4 Å². The fourth-order valence-electron chi connectivity index (χ4n) is 2.23. The summed E-state index contributed by atoms with van der Waals surface area (Å²) in [6, 6.07) is 15.0. The Hall–Kier alpha value is -2.37. The van der Waals surface area contributed by atoms with Gasteiger partial charge >= 0.3 is 6.18 Å². The van der Waals surface area contributed by atoms with Crippen molar-refractivity contribution in [1.82, 2.24) is 15.6 Å².